The van der Waals surface area contributed by atoms with Crippen LogP contribution in [0.4, 0.5) is 4.79 Å². The van der Waals surface area contributed by atoms with Gasteiger partial charge >= 0.3 is 6.09 Å². The van der Waals surface area contributed by atoms with E-state index in [4.69, 9.17) is 14.6 Å². The third-order valence-electron chi connectivity index (χ3n) is 2.33. The Bertz CT molecular complexity index is 411. The summed E-state index contributed by atoms with van der Waals surface area (Å²) in [5, 5.41) is 11.2. The van der Waals surface area contributed by atoms with Gasteiger partial charge in [-0.05, 0) is 40.5 Å². The van der Waals surface area contributed by atoms with Crippen molar-refractivity contribution in [1.82, 2.24) is 5.32 Å². The van der Waals surface area contributed by atoms with Gasteiger partial charge in [0.15, 0.2) is 0 Å². The molecule has 0 heterocycles. The Balaban J connectivity index is 2.63. The van der Waals surface area contributed by atoms with Gasteiger partial charge in [-0.25, -0.2) is 4.79 Å². The Labute approximate surface area is 114 Å². The number of aliphatic hydroxyl groups excluding tert-OH is 1. The van der Waals surface area contributed by atoms with Crippen molar-refractivity contribution < 1.29 is 19.4 Å². The van der Waals surface area contributed by atoms with Crippen LogP contribution in [-0.2, 0) is 4.74 Å². The normalized spacial score (nSPS) is 11.8. The van der Waals surface area contributed by atoms with Crippen LogP contribution in [-0.4, -0.2) is 31.5 Å². The Morgan fingerprint density at radius 1 is 1.56 bits per heavy atom. The molecule has 0 radical (unpaired) electrons. The molecule has 0 fully saturated rings. The van der Waals surface area contributed by atoms with E-state index < -0.39 is 6.09 Å². The van der Waals surface area contributed by atoms with E-state index in [0.29, 0.717) is 0 Å². The van der Waals surface area contributed by atoms with Gasteiger partial charge in [0.05, 0.1) is 24.2 Å². The molecule has 0 bridgehead atoms. The van der Waals surface area contributed by atoms with Gasteiger partial charge in [0, 0.05) is 0 Å². The molecule has 0 aliphatic heterocycles. The molecular weight excluding hydrogens is 302 g/mol. The highest BCUT2D eigenvalue weighted by atomic mass is 79.9. The fourth-order valence-electron chi connectivity index (χ4n) is 1.39. The van der Waals surface area contributed by atoms with Crippen molar-refractivity contribution in [3.8, 4) is 5.75 Å². The molecule has 0 saturated heterocycles. The number of methoxy groups -OCH3 is 1. The lowest BCUT2D eigenvalue weighted by atomic mass is 10.1. The number of benzene rings is 1. The van der Waals surface area contributed by atoms with E-state index in [0.717, 1.165) is 15.8 Å². The topological polar surface area (TPSA) is 67.8 Å². The average molecular weight is 318 g/mol. The molecule has 6 heteroatoms. The zero-order valence-corrected chi connectivity index (χ0v) is 11.9. The molecule has 18 heavy (non-hydrogen) atoms. The maximum atomic E-state index is 11.3. The Hall–Kier alpha value is -1.27. The number of halogens is 1. The molecule has 0 saturated carbocycles. The van der Waals surface area contributed by atoms with Crippen molar-refractivity contribution in [2.75, 3.05) is 20.3 Å². The molecular formula is C12H16BrNO4. The molecule has 5 nitrogen and oxygen atoms in total. The summed E-state index contributed by atoms with van der Waals surface area (Å²) in [4.78, 5) is 11.3. The summed E-state index contributed by atoms with van der Waals surface area (Å²) in [6, 6.07) is 5.35. The number of carbonyl (C=O) groups is 1. The van der Waals surface area contributed by atoms with Crippen LogP contribution in [0, 0.1) is 0 Å². The average Bonchev–Trinajstić information content (AvgIpc) is 2.36. The van der Waals surface area contributed by atoms with Gasteiger partial charge in [-0.3, -0.25) is 0 Å². The van der Waals surface area contributed by atoms with Crippen molar-refractivity contribution in [2.45, 2.75) is 13.0 Å². The molecule has 0 aromatic heterocycles. The van der Waals surface area contributed by atoms with E-state index in [1.165, 1.54) is 0 Å². The first-order valence-electron chi connectivity index (χ1n) is 5.46. The Morgan fingerprint density at radius 3 is 2.83 bits per heavy atom. The molecule has 1 amide bonds. The molecule has 100 valence electrons. The van der Waals surface area contributed by atoms with Gasteiger partial charge in [-0.2, -0.15) is 0 Å². The van der Waals surface area contributed by atoms with Crippen molar-refractivity contribution in [3.63, 3.8) is 0 Å². The van der Waals surface area contributed by atoms with Crippen molar-refractivity contribution in [2.24, 2.45) is 0 Å². The van der Waals surface area contributed by atoms with Crippen molar-refractivity contribution >= 4 is 22.0 Å². The summed E-state index contributed by atoms with van der Waals surface area (Å²) < 4.78 is 10.7. The maximum absolute atomic E-state index is 11.3. The van der Waals surface area contributed by atoms with Gasteiger partial charge in [0.25, 0.3) is 0 Å². The molecule has 0 aliphatic rings. The highest BCUT2D eigenvalue weighted by molar-refractivity contribution is 9.10. The number of nitrogens with one attached hydrogen (secondary N) is 1. The first-order chi connectivity index (χ1) is 8.58. The molecule has 1 rings (SSSR count). The van der Waals surface area contributed by atoms with E-state index in [1.54, 1.807) is 7.11 Å². The molecule has 1 atom stereocenters. The Morgan fingerprint density at radius 2 is 2.28 bits per heavy atom. The van der Waals surface area contributed by atoms with Gasteiger partial charge in [-0.1, -0.05) is 6.07 Å². The second kappa shape index (κ2) is 7.23. The minimum Gasteiger partial charge on any atom is -0.496 e. The number of amides is 1. The molecule has 1 aromatic carbocycles. The smallest absolute Gasteiger partial charge is 0.407 e. The number of aliphatic hydroxyl groups is 1. The van der Waals surface area contributed by atoms with E-state index in [1.807, 2.05) is 25.1 Å². The number of carbonyl (C=O) groups excluding carboxylic acids is 1. The lowest BCUT2D eigenvalue weighted by Crippen LogP contribution is -2.28. The second-order valence-electron chi connectivity index (χ2n) is 3.62. The van der Waals surface area contributed by atoms with Crippen LogP contribution in [0.3, 0.4) is 0 Å². The lowest BCUT2D eigenvalue weighted by Gasteiger charge is -2.15. The van der Waals surface area contributed by atoms with E-state index >= 15 is 0 Å². The Kier molecular flexibility index (Phi) is 5.94. The largest absolute Gasteiger partial charge is 0.496 e. The van der Waals surface area contributed by atoms with Gasteiger partial charge in [-0.15, -0.1) is 0 Å². The number of hydrogen-bond acceptors (Lipinski definition) is 4. The highest BCUT2D eigenvalue weighted by Gasteiger charge is 2.11. The third kappa shape index (κ3) is 4.19. The van der Waals surface area contributed by atoms with Crippen LogP contribution in [0.25, 0.3) is 0 Å². The lowest BCUT2D eigenvalue weighted by molar-refractivity contribution is 0.116. The summed E-state index contributed by atoms with van der Waals surface area (Å²) in [5.41, 5.74) is 0.920. The van der Waals surface area contributed by atoms with Gasteiger partial charge in [0.2, 0.25) is 0 Å². The summed E-state index contributed by atoms with van der Waals surface area (Å²) in [6.45, 7) is 1.65. The minimum absolute atomic E-state index is 0.00907. The van der Waals surface area contributed by atoms with E-state index in [9.17, 15) is 4.79 Å². The minimum atomic E-state index is -0.552. The summed E-state index contributed by atoms with van der Waals surface area (Å²) >= 11 is 3.38. The monoisotopic (exact) mass is 317 g/mol. The SMILES string of the molecule is COc1ccc(C(C)NC(=O)OCCO)cc1Br. The first kappa shape index (κ1) is 14.8. The highest BCUT2D eigenvalue weighted by Crippen LogP contribution is 2.27. The standard InChI is InChI=1S/C12H16BrNO4/c1-8(14-12(16)18-6-5-15)9-3-4-11(17-2)10(13)7-9/h3-4,7-8,15H,5-6H2,1-2H3,(H,14,16). The van der Waals surface area contributed by atoms with Crippen molar-refractivity contribution in [1.29, 1.82) is 0 Å². The summed E-state index contributed by atoms with van der Waals surface area (Å²) in [7, 11) is 1.59. The van der Waals surface area contributed by atoms with Gasteiger partial charge in [0.1, 0.15) is 12.4 Å². The first-order valence-corrected chi connectivity index (χ1v) is 6.25. The summed E-state index contributed by atoms with van der Waals surface area (Å²) in [5.74, 6) is 0.730. The van der Waals surface area contributed by atoms with Crippen LogP contribution in [0.1, 0.15) is 18.5 Å². The molecule has 0 aliphatic carbocycles. The maximum Gasteiger partial charge on any atom is 0.407 e. The van der Waals surface area contributed by atoms with E-state index in [-0.39, 0.29) is 19.3 Å². The van der Waals surface area contributed by atoms with Crippen LogP contribution < -0.4 is 10.1 Å². The third-order valence-corrected chi connectivity index (χ3v) is 2.95. The molecule has 2 N–H and O–H groups in total. The predicted molar refractivity (Wildman–Crippen MR) is 70.7 cm³/mol. The van der Waals surface area contributed by atoms with Crippen LogP contribution in [0.5, 0.6) is 5.75 Å². The van der Waals surface area contributed by atoms with Crippen LogP contribution >= 0.6 is 15.9 Å². The second-order valence-corrected chi connectivity index (χ2v) is 4.47. The fraction of sp³-hybridized carbons (Fsp3) is 0.417. The number of rotatable bonds is 5. The zero-order valence-electron chi connectivity index (χ0n) is 10.3. The fourth-order valence-corrected chi connectivity index (χ4v) is 1.95. The van der Waals surface area contributed by atoms with E-state index in [2.05, 4.69) is 21.2 Å². The predicted octanol–water partition coefficient (Wildman–Crippen LogP) is 2.24. The number of alkyl carbamates (subject to hydrolysis) is 1. The molecule has 1 unspecified atom stereocenters. The molecule has 0 spiro atoms. The molecule has 1 aromatic rings. The quantitative estimate of drug-likeness (QED) is 0.874. The zero-order chi connectivity index (χ0) is 13.5. The van der Waals surface area contributed by atoms with Crippen LogP contribution in [0.15, 0.2) is 22.7 Å². The number of ether oxygens (including phenoxy) is 2. The van der Waals surface area contributed by atoms with Crippen LogP contribution in [0.2, 0.25) is 0 Å². The van der Waals surface area contributed by atoms with Crippen molar-refractivity contribution in [3.05, 3.63) is 28.2 Å². The van der Waals surface area contributed by atoms with Gasteiger partial charge < -0.3 is 19.9 Å². The number of hydrogen-bond donors (Lipinski definition) is 2. The summed E-state index contributed by atoms with van der Waals surface area (Å²) in [6.07, 6.45) is -0.552.